The number of nitrogen functional groups attached to an aromatic ring is 1. The SMILES string of the molecule is COc1ccc(-c2nnc(SCC(=O)N(C)Cc3ccc(Cl)s3)n2N)cc1. The number of nitrogens with two attached hydrogens (primary N) is 1. The summed E-state index contributed by atoms with van der Waals surface area (Å²) in [4.78, 5) is 15.0. The molecule has 0 fully saturated rings. The first-order valence-corrected chi connectivity index (χ1v) is 10.1. The molecule has 0 saturated carbocycles. The molecule has 27 heavy (non-hydrogen) atoms. The molecule has 1 amide bonds. The van der Waals surface area contributed by atoms with Crippen LogP contribution < -0.4 is 10.6 Å². The Morgan fingerprint density at radius 1 is 1.30 bits per heavy atom. The van der Waals surface area contributed by atoms with E-state index in [0.717, 1.165) is 16.2 Å². The van der Waals surface area contributed by atoms with Crippen molar-refractivity contribution in [1.82, 2.24) is 19.8 Å². The summed E-state index contributed by atoms with van der Waals surface area (Å²) < 4.78 is 7.24. The Morgan fingerprint density at radius 3 is 2.67 bits per heavy atom. The summed E-state index contributed by atoms with van der Waals surface area (Å²) in [6.07, 6.45) is 0. The Morgan fingerprint density at radius 2 is 2.04 bits per heavy atom. The van der Waals surface area contributed by atoms with Gasteiger partial charge in [0.2, 0.25) is 11.1 Å². The van der Waals surface area contributed by atoms with Crippen molar-refractivity contribution >= 4 is 40.6 Å². The Hall–Kier alpha value is -2.23. The fraction of sp³-hybridized carbons (Fsp3) is 0.235. The van der Waals surface area contributed by atoms with E-state index in [9.17, 15) is 4.79 Å². The lowest BCUT2D eigenvalue weighted by Crippen LogP contribution is -2.27. The highest BCUT2D eigenvalue weighted by Gasteiger charge is 2.16. The number of benzene rings is 1. The number of halogens is 1. The minimum absolute atomic E-state index is 0.0291. The van der Waals surface area contributed by atoms with Gasteiger partial charge in [0.1, 0.15) is 5.75 Å². The van der Waals surface area contributed by atoms with Crippen molar-refractivity contribution in [3.63, 3.8) is 0 Å². The number of methoxy groups -OCH3 is 1. The molecule has 0 aliphatic rings. The molecule has 2 aromatic heterocycles. The first kappa shape index (κ1) is 19.5. The second-order valence-corrected chi connectivity index (χ2v) is 8.39. The summed E-state index contributed by atoms with van der Waals surface area (Å²) in [5.74, 6) is 7.55. The predicted octanol–water partition coefficient (Wildman–Crippen LogP) is 3.13. The van der Waals surface area contributed by atoms with Crippen LogP contribution in [0.25, 0.3) is 11.4 Å². The van der Waals surface area contributed by atoms with Crippen LogP contribution in [0.3, 0.4) is 0 Å². The number of amides is 1. The van der Waals surface area contributed by atoms with Gasteiger partial charge in [0.05, 0.1) is 23.7 Å². The van der Waals surface area contributed by atoms with Gasteiger partial charge in [0.25, 0.3) is 0 Å². The van der Waals surface area contributed by atoms with Crippen LogP contribution in [0.15, 0.2) is 41.6 Å². The third-order valence-corrected chi connectivity index (χ3v) is 5.93. The Bertz CT molecular complexity index is 926. The number of nitrogens with zero attached hydrogens (tertiary/aromatic N) is 4. The maximum Gasteiger partial charge on any atom is 0.233 e. The minimum atomic E-state index is -0.0291. The molecule has 0 unspecified atom stereocenters. The van der Waals surface area contributed by atoms with Gasteiger partial charge in [-0.3, -0.25) is 4.79 Å². The molecule has 2 N–H and O–H groups in total. The first-order valence-electron chi connectivity index (χ1n) is 7.94. The van der Waals surface area contributed by atoms with Crippen LogP contribution in [-0.2, 0) is 11.3 Å². The van der Waals surface area contributed by atoms with Gasteiger partial charge >= 0.3 is 0 Å². The first-order chi connectivity index (χ1) is 13.0. The Kier molecular flexibility index (Phi) is 6.25. The minimum Gasteiger partial charge on any atom is -0.497 e. The molecule has 0 atom stereocenters. The zero-order valence-corrected chi connectivity index (χ0v) is 17.1. The van der Waals surface area contributed by atoms with Crippen LogP contribution in [0.5, 0.6) is 5.75 Å². The average molecular weight is 424 g/mol. The molecular formula is C17H18ClN5O2S2. The molecule has 7 nitrogen and oxygen atoms in total. The number of hydrogen-bond acceptors (Lipinski definition) is 7. The molecular weight excluding hydrogens is 406 g/mol. The lowest BCUT2D eigenvalue weighted by Gasteiger charge is -2.15. The van der Waals surface area contributed by atoms with Crippen LogP contribution in [0.2, 0.25) is 4.34 Å². The molecule has 2 heterocycles. The standard InChI is InChI=1S/C17H18ClN5O2S2/c1-22(9-13-7-8-14(18)27-13)15(24)10-26-17-21-20-16(23(17)19)11-3-5-12(25-2)6-4-11/h3-8H,9-10,19H2,1-2H3. The molecule has 0 radical (unpaired) electrons. The quantitative estimate of drug-likeness (QED) is 0.464. The topological polar surface area (TPSA) is 86.3 Å². The number of ether oxygens (including phenoxy) is 1. The molecule has 1 aromatic carbocycles. The van der Waals surface area contributed by atoms with Crippen LogP contribution in [0.4, 0.5) is 0 Å². The number of carbonyl (C=O) groups excluding carboxylic acids is 1. The largest absolute Gasteiger partial charge is 0.497 e. The predicted molar refractivity (Wildman–Crippen MR) is 109 cm³/mol. The average Bonchev–Trinajstić information content (AvgIpc) is 3.25. The number of rotatable bonds is 7. The van der Waals surface area contributed by atoms with Crippen molar-refractivity contribution in [1.29, 1.82) is 0 Å². The zero-order valence-electron chi connectivity index (χ0n) is 14.8. The molecule has 10 heteroatoms. The maximum atomic E-state index is 12.4. The van der Waals surface area contributed by atoms with E-state index in [1.807, 2.05) is 36.4 Å². The highest BCUT2D eigenvalue weighted by Crippen LogP contribution is 2.25. The summed E-state index contributed by atoms with van der Waals surface area (Å²) >= 11 is 8.64. The number of thiophene rings is 1. The van der Waals surface area contributed by atoms with Crippen molar-refractivity contribution < 1.29 is 9.53 Å². The van der Waals surface area contributed by atoms with Crippen LogP contribution >= 0.6 is 34.7 Å². The van der Waals surface area contributed by atoms with Gasteiger partial charge in [-0.15, -0.1) is 21.5 Å². The van der Waals surface area contributed by atoms with E-state index in [2.05, 4.69) is 10.2 Å². The van der Waals surface area contributed by atoms with E-state index in [1.54, 1.807) is 19.1 Å². The number of hydrogen-bond donors (Lipinski definition) is 1. The van der Waals surface area contributed by atoms with E-state index in [1.165, 1.54) is 27.8 Å². The number of thioether (sulfide) groups is 1. The van der Waals surface area contributed by atoms with E-state index in [-0.39, 0.29) is 11.7 Å². The van der Waals surface area contributed by atoms with E-state index < -0.39 is 0 Å². The summed E-state index contributed by atoms with van der Waals surface area (Å²) in [5.41, 5.74) is 0.815. The molecule has 142 valence electrons. The van der Waals surface area contributed by atoms with Gasteiger partial charge in [0, 0.05) is 17.5 Å². The van der Waals surface area contributed by atoms with Gasteiger partial charge in [0.15, 0.2) is 5.82 Å². The molecule has 0 saturated heterocycles. The molecule has 0 aliphatic carbocycles. The van der Waals surface area contributed by atoms with Crippen LogP contribution in [0.1, 0.15) is 4.88 Å². The van der Waals surface area contributed by atoms with E-state index >= 15 is 0 Å². The van der Waals surface area contributed by atoms with Gasteiger partial charge in [-0.2, -0.15) is 0 Å². The molecule has 3 rings (SSSR count). The van der Waals surface area contributed by atoms with Crippen molar-refractivity contribution in [2.24, 2.45) is 0 Å². The highest BCUT2D eigenvalue weighted by molar-refractivity contribution is 7.99. The summed E-state index contributed by atoms with van der Waals surface area (Å²) in [6.45, 7) is 0.517. The van der Waals surface area contributed by atoms with E-state index in [0.29, 0.717) is 21.9 Å². The Labute approximate surface area is 170 Å². The van der Waals surface area contributed by atoms with Gasteiger partial charge in [-0.1, -0.05) is 23.4 Å². The normalized spacial score (nSPS) is 10.8. The second-order valence-electron chi connectivity index (χ2n) is 5.65. The molecule has 0 aliphatic heterocycles. The fourth-order valence-corrected chi connectivity index (χ4v) is 4.25. The third kappa shape index (κ3) is 4.74. The lowest BCUT2D eigenvalue weighted by molar-refractivity contribution is -0.127. The van der Waals surface area contributed by atoms with Gasteiger partial charge < -0.3 is 15.5 Å². The van der Waals surface area contributed by atoms with Crippen molar-refractivity contribution in [2.45, 2.75) is 11.7 Å². The van der Waals surface area contributed by atoms with Crippen molar-refractivity contribution in [2.75, 3.05) is 25.8 Å². The number of aromatic nitrogens is 3. The monoisotopic (exact) mass is 423 g/mol. The number of carbonyl (C=O) groups is 1. The highest BCUT2D eigenvalue weighted by atomic mass is 35.5. The summed E-state index contributed by atoms with van der Waals surface area (Å²) in [5, 5.41) is 8.68. The lowest BCUT2D eigenvalue weighted by atomic mass is 10.2. The second kappa shape index (κ2) is 8.64. The zero-order chi connectivity index (χ0) is 19.4. The summed E-state index contributed by atoms with van der Waals surface area (Å²) in [6, 6.07) is 11.1. The van der Waals surface area contributed by atoms with Crippen LogP contribution in [0, 0.1) is 0 Å². The van der Waals surface area contributed by atoms with Crippen molar-refractivity contribution in [3.05, 3.63) is 45.6 Å². The van der Waals surface area contributed by atoms with Crippen molar-refractivity contribution in [3.8, 4) is 17.1 Å². The molecule has 0 bridgehead atoms. The third-order valence-electron chi connectivity index (χ3n) is 3.79. The van der Waals surface area contributed by atoms with E-state index in [4.69, 9.17) is 22.2 Å². The molecule has 3 aromatic rings. The smallest absolute Gasteiger partial charge is 0.233 e. The fourth-order valence-electron chi connectivity index (χ4n) is 2.31. The maximum absolute atomic E-state index is 12.4. The molecule has 0 spiro atoms. The Balaban J connectivity index is 1.60. The summed E-state index contributed by atoms with van der Waals surface area (Å²) in [7, 11) is 3.36. The van der Waals surface area contributed by atoms with Gasteiger partial charge in [-0.05, 0) is 36.4 Å². The van der Waals surface area contributed by atoms with Crippen LogP contribution in [-0.4, -0.2) is 45.6 Å². The van der Waals surface area contributed by atoms with Gasteiger partial charge in [-0.25, -0.2) is 4.68 Å².